The Morgan fingerprint density at radius 3 is 3.10 bits per heavy atom. The first-order valence-corrected chi connectivity index (χ1v) is 6.02. The summed E-state index contributed by atoms with van der Waals surface area (Å²) in [4.78, 5) is 10.8. The molecule has 1 aliphatic heterocycles. The Balaban J connectivity index is 2.10. The molecule has 1 aliphatic rings. The van der Waals surface area contributed by atoms with E-state index < -0.39 is 18.4 Å². The van der Waals surface area contributed by atoms with Gasteiger partial charge in [0.25, 0.3) is 0 Å². The van der Waals surface area contributed by atoms with E-state index in [4.69, 9.17) is 19.7 Å². The van der Waals surface area contributed by atoms with E-state index in [0.29, 0.717) is 12.3 Å². The Morgan fingerprint density at radius 1 is 1.65 bits per heavy atom. The van der Waals surface area contributed by atoms with Crippen LogP contribution >= 0.6 is 0 Å². The van der Waals surface area contributed by atoms with Crippen LogP contribution in [-0.4, -0.2) is 47.2 Å². The van der Waals surface area contributed by atoms with Gasteiger partial charge in [0, 0.05) is 23.1 Å². The van der Waals surface area contributed by atoms with Crippen LogP contribution in [0, 0.1) is 6.92 Å². The molecule has 0 aromatic carbocycles. The number of aliphatic hydroxyl groups excluding tert-OH is 1. The van der Waals surface area contributed by atoms with Crippen molar-refractivity contribution in [2.24, 2.45) is 5.11 Å². The van der Waals surface area contributed by atoms with Crippen molar-refractivity contribution in [2.75, 3.05) is 13.7 Å². The third kappa shape index (κ3) is 3.08. The largest absolute Gasteiger partial charge is 0.481 e. The summed E-state index contributed by atoms with van der Waals surface area (Å²) < 4.78 is 16.0. The highest BCUT2D eigenvalue weighted by atomic mass is 16.6. The first-order chi connectivity index (χ1) is 9.67. The number of rotatable bonds is 5. The van der Waals surface area contributed by atoms with Gasteiger partial charge >= 0.3 is 6.01 Å². The molecule has 9 nitrogen and oxygen atoms in total. The van der Waals surface area contributed by atoms with Gasteiger partial charge in [0.15, 0.2) is 0 Å². The predicted octanol–water partition coefficient (Wildman–Crippen LogP) is 0.959. The van der Waals surface area contributed by atoms with Crippen LogP contribution in [0.5, 0.6) is 11.9 Å². The Kier molecular flexibility index (Phi) is 4.57. The number of ether oxygens (including phenoxy) is 3. The van der Waals surface area contributed by atoms with Crippen molar-refractivity contribution in [3.8, 4) is 11.9 Å². The molecule has 0 aliphatic carbocycles. The van der Waals surface area contributed by atoms with E-state index in [1.54, 1.807) is 6.20 Å². The molecule has 0 bridgehead atoms. The molecular weight excluding hydrogens is 266 g/mol. The van der Waals surface area contributed by atoms with E-state index in [1.165, 1.54) is 7.11 Å². The van der Waals surface area contributed by atoms with E-state index in [9.17, 15) is 5.11 Å². The van der Waals surface area contributed by atoms with Gasteiger partial charge < -0.3 is 19.3 Å². The van der Waals surface area contributed by atoms with Crippen LogP contribution in [0.15, 0.2) is 11.3 Å². The molecule has 1 saturated heterocycles. The first-order valence-electron chi connectivity index (χ1n) is 6.02. The number of azide groups is 1. The van der Waals surface area contributed by atoms with E-state index in [1.807, 2.05) is 6.92 Å². The van der Waals surface area contributed by atoms with E-state index in [2.05, 4.69) is 20.0 Å². The molecule has 20 heavy (non-hydrogen) atoms. The van der Waals surface area contributed by atoms with Crippen LogP contribution in [0.3, 0.4) is 0 Å². The second-order valence-electron chi connectivity index (χ2n) is 4.25. The molecule has 0 radical (unpaired) electrons. The molecule has 108 valence electrons. The molecule has 2 heterocycles. The second-order valence-corrected chi connectivity index (χ2v) is 4.25. The molecule has 0 amide bonds. The van der Waals surface area contributed by atoms with Gasteiger partial charge in [-0.1, -0.05) is 5.11 Å². The molecule has 9 heteroatoms. The Hall–Kier alpha value is -2.09. The maximum Gasteiger partial charge on any atom is 0.320 e. The number of aromatic nitrogens is 2. The lowest BCUT2D eigenvalue weighted by Crippen LogP contribution is -2.30. The monoisotopic (exact) mass is 281 g/mol. The summed E-state index contributed by atoms with van der Waals surface area (Å²) in [5.74, 6) is 0.418. The van der Waals surface area contributed by atoms with Crippen molar-refractivity contribution >= 4 is 0 Å². The van der Waals surface area contributed by atoms with Gasteiger partial charge in [0.1, 0.15) is 18.4 Å². The molecule has 1 aromatic rings. The first kappa shape index (κ1) is 14.3. The average Bonchev–Trinajstić information content (AvgIpc) is 2.83. The number of aryl methyl sites for hydroxylation is 1. The molecule has 2 rings (SSSR count). The Labute approximate surface area is 115 Å². The van der Waals surface area contributed by atoms with Crippen molar-refractivity contribution < 1.29 is 19.3 Å². The standard InChI is InChI=1S/C11H15N5O4/c1-6-4-13-11(14-10(6)18-2)20-7-3-9(15-16-12)19-8(7)5-17/h4,7-9,17H,3,5H2,1-2H3/t7-,8-,9+/m1/s1. The summed E-state index contributed by atoms with van der Waals surface area (Å²) >= 11 is 0. The predicted molar refractivity (Wildman–Crippen MR) is 67.2 cm³/mol. The zero-order valence-electron chi connectivity index (χ0n) is 11.1. The lowest BCUT2D eigenvalue weighted by atomic mass is 10.2. The number of methoxy groups -OCH3 is 1. The number of aliphatic hydroxyl groups is 1. The smallest absolute Gasteiger partial charge is 0.320 e. The summed E-state index contributed by atoms with van der Waals surface area (Å²) in [7, 11) is 1.51. The van der Waals surface area contributed by atoms with E-state index >= 15 is 0 Å². The molecule has 1 aromatic heterocycles. The van der Waals surface area contributed by atoms with Crippen molar-refractivity contribution in [3.63, 3.8) is 0 Å². The minimum Gasteiger partial charge on any atom is -0.481 e. The van der Waals surface area contributed by atoms with Crippen LogP contribution < -0.4 is 9.47 Å². The van der Waals surface area contributed by atoms with Crippen molar-refractivity contribution in [1.29, 1.82) is 0 Å². The topological polar surface area (TPSA) is 122 Å². The fourth-order valence-electron chi connectivity index (χ4n) is 1.92. The zero-order chi connectivity index (χ0) is 14.5. The van der Waals surface area contributed by atoms with Gasteiger partial charge in [-0.3, -0.25) is 0 Å². The third-order valence-corrected chi connectivity index (χ3v) is 2.89. The lowest BCUT2D eigenvalue weighted by molar-refractivity contribution is -0.0157. The van der Waals surface area contributed by atoms with E-state index in [-0.39, 0.29) is 12.6 Å². The van der Waals surface area contributed by atoms with Gasteiger partial charge in [0.05, 0.1) is 13.7 Å². The zero-order valence-corrected chi connectivity index (χ0v) is 11.1. The van der Waals surface area contributed by atoms with Crippen molar-refractivity contribution in [2.45, 2.75) is 31.8 Å². The summed E-state index contributed by atoms with van der Waals surface area (Å²) in [6.45, 7) is 1.57. The maximum absolute atomic E-state index is 9.24. The highest BCUT2D eigenvalue weighted by molar-refractivity contribution is 5.23. The molecule has 0 unspecified atom stereocenters. The van der Waals surface area contributed by atoms with Crippen LogP contribution in [0.2, 0.25) is 0 Å². The molecule has 0 saturated carbocycles. The van der Waals surface area contributed by atoms with Crippen LogP contribution in [0.4, 0.5) is 0 Å². The van der Waals surface area contributed by atoms with Crippen LogP contribution in [0.1, 0.15) is 12.0 Å². The van der Waals surface area contributed by atoms with Gasteiger partial charge in [-0.2, -0.15) is 4.98 Å². The molecular formula is C11H15N5O4. The maximum atomic E-state index is 9.24. The van der Waals surface area contributed by atoms with Crippen molar-refractivity contribution in [1.82, 2.24) is 9.97 Å². The highest BCUT2D eigenvalue weighted by Crippen LogP contribution is 2.26. The molecule has 1 fully saturated rings. The third-order valence-electron chi connectivity index (χ3n) is 2.89. The molecule has 3 atom stereocenters. The van der Waals surface area contributed by atoms with Gasteiger partial charge in [-0.25, -0.2) is 4.98 Å². The fraction of sp³-hybridized carbons (Fsp3) is 0.636. The SMILES string of the molecule is COc1nc(O[C@@H]2C[C@@H](N=[N+]=[N-])O[C@@H]2CO)ncc1C. The Morgan fingerprint density at radius 2 is 2.45 bits per heavy atom. The normalized spacial score (nSPS) is 25.1. The number of nitrogens with zero attached hydrogens (tertiary/aromatic N) is 5. The van der Waals surface area contributed by atoms with E-state index in [0.717, 1.165) is 5.56 Å². The summed E-state index contributed by atoms with van der Waals surface area (Å²) in [5, 5.41) is 12.7. The minimum absolute atomic E-state index is 0.126. The molecule has 0 spiro atoms. The quantitative estimate of drug-likeness (QED) is 0.487. The van der Waals surface area contributed by atoms with Gasteiger partial charge in [0.2, 0.25) is 5.88 Å². The minimum atomic E-state index is -0.658. The van der Waals surface area contributed by atoms with Gasteiger partial charge in [-0.15, -0.1) is 0 Å². The highest BCUT2D eigenvalue weighted by Gasteiger charge is 2.36. The fourth-order valence-corrected chi connectivity index (χ4v) is 1.92. The number of hydrogen-bond donors (Lipinski definition) is 1. The summed E-state index contributed by atoms with van der Waals surface area (Å²) in [5.41, 5.74) is 9.18. The average molecular weight is 281 g/mol. The summed E-state index contributed by atoms with van der Waals surface area (Å²) in [6.07, 6.45) is 0.184. The molecule has 1 N–H and O–H groups in total. The Bertz CT molecular complexity index is 520. The second kappa shape index (κ2) is 6.38. The van der Waals surface area contributed by atoms with Crippen molar-refractivity contribution in [3.05, 3.63) is 22.2 Å². The van der Waals surface area contributed by atoms with Crippen LogP contribution in [-0.2, 0) is 4.74 Å². The number of hydrogen-bond acceptors (Lipinski definition) is 7. The summed E-state index contributed by atoms with van der Waals surface area (Å²) in [6, 6.07) is 0.126. The van der Waals surface area contributed by atoms with Gasteiger partial charge in [-0.05, 0) is 12.5 Å². The van der Waals surface area contributed by atoms with Crippen LogP contribution in [0.25, 0.3) is 10.4 Å². The lowest BCUT2D eigenvalue weighted by Gasteiger charge is -2.17.